The fourth-order valence-electron chi connectivity index (χ4n) is 2.48. The fourth-order valence-corrected chi connectivity index (χ4v) is 2.48. The third kappa shape index (κ3) is 3.47. The molecule has 102 valence electrons. The quantitative estimate of drug-likeness (QED) is 0.728. The molecule has 0 saturated heterocycles. The summed E-state index contributed by atoms with van der Waals surface area (Å²) in [6.07, 6.45) is 0.599. The second-order valence-electron chi connectivity index (χ2n) is 4.99. The van der Waals surface area contributed by atoms with Gasteiger partial charge in [-0.3, -0.25) is 4.98 Å². The molecule has 1 heterocycles. The predicted molar refractivity (Wildman–Crippen MR) is 66.4 cm³/mol. The van der Waals surface area contributed by atoms with Crippen molar-refractivity contribution in [1.29, 1.82) is 0 Å². The summed E-state index contributed by atoms with van der Waals surface area (Å²) in [6.45, 7) is 6.15. The van der Waals surface area contributed by atoms with E-state index in [1.165, 1.54) is 12.3 Å². The maximum atomic E-state index is 12.7. The second kappa shape index (κ2) is 5.72. The summed E-state index contributed by atoms with van der Waals surface area (Å²) in [5.74, 6) is 0. The van der Waals surface area contributed by atoms with Gasteiger partial charge in [-0.1, -0.05) is 33.6 Å². The molecule has 0 atom stereocenters. The molecule has 0 aliphatic heterocycles. The van der Waals surface area contributed by atoms with E-state index in [4.69, 9.17) is 0 Å². The average molecular weight is 259 g/mol. The number of aromatic nitrogens is 1. The first-order valence-corrected chi connectivity index (χ1v) is 6.37. The summed E-state index contributed by atoms with van der Waals surface area (Å²) >= 11 is 0. The van der Waals surface area contributed by atoms with E-state index in [1.54, 1.807) is 6.07 Å². The highest BCUT2D eigenvalue weighted by atomic mass is 19.4. The Balaban J connectivity index is 3.13. The van der Waals surface area contributed by atoms with Crippen molar-refractivity contribution in [3.63, 3.8) is 0 Å². The van der Waals surface area contributed by atoms with E-state index in [0.29, 0.717) is 0 Å². The molecule has 0 radical (unpaired) electrons. The van der Waals surface area contributed by atoms with Crippen LogP contribution in [0.25, 0.3) is 0 Å². The zero-order valence-corrected chi connectivity index (χ0v) is 11.1. The molecular formula is C14H20F3N. The molecular weight excluding hydrogens is 239 g/mol. The molecule has 4 heteroatoms. The van der Waals surface area contributed by atoms with Crippen LogP contribution in [0.2, 0.25) is 0 Å². The van der Waals surface area contributed by atoms with Crippen LogP contribution in [0.15, 0.2) is 18.3 Å². The lowest BCUT2D eigenvalue weighted by Crippen LogP contribution is -2.22. The standard InChI is InChI=1S/C14H20F3N/c1-4-7-13(3,8-5-2)11-6-9-18-12(10-11)14(15,16)17/h6,9-10H,4-5,7-8H2,1-3H3. The molecule has 18 heavy (non-hydrogen) atoms. The van der Waals surface area contributed by atoms with Crippen LogP contribution in [0.3, 0.4) is 0 Å². The van der Waals surface area contributed by atoms with Crippen molar-refractivity contribution in [3.05, 3.63) is 29.6 Å². The summed E-state index contributed by atoms with van der Waals surface area (Å²) in [5, 5.41) is 0. The number of alkyl halides is 3. The van der Waals surface area contributed by atoms with Crippen molar-refractivity contribution in [2.45, 2.75) is 58.0 Å². The number of hydrogen-bond donors (Lipinski definition) is 0. The zero-order valence-electron chi connectivity index (χ0n) is 11.1. The highest BCUT2D eigenvalue weighted by molar-refractivity contribution is 5.26. The molecule has 0 N–H and O–H groups in total. The van der Waals surface area contributed by atoms with Gasteiger partial charge in [0.2, 0.25) is 0 Å². The van der Waals surface area contributed by atoms with Crippen molar-refractivity contribution in [3.8, 4) is 0 Å². The number of hydrogen-bond acceptors (Lipinski definition) is 1. The molecule has 0 fully saturated rings. The summed E-state index contributed by atoms with van der Waals surface area (Å²) in [4.78, 5) is 3.42. The highest BCUT2D eigenvalue weighted by Crippen LogP contribution is 2.36. The number of pyridine rings is 1. The van der Waals surface area contributed by atoms with E-state index in [2.05, 4.69) is 18.8 Å². The van der Waals surface area contributed by atoms with Crippen LogP contribution in [0.1, 0.15) is 57.7 Å². The van der Waals surface area contributed by atoms with Gasteiger partial charge >= 0.3 is 6.18 Å². The molecule has 1 nitrogen and oxygen atoms in total. The number of halogens is 3. The van der Waals surface area contributed by atoms with Gasteiger partial charge in [0, 0.05) is 6.20 Å². The maximum Gasteiger partial charge on any atom is 0.433 e. The first-order chi connectivity index (χ1) is 8.33. The van der Waals surface area contributed by atoms with Crippen LogP contribution in [-0.2, 0) is 11.6 Å². The van der Waals surface area contributed by atoms with Gasteiger partial charge in [0.1, 0.15) is 5.69 Å². The predicted octanol–water partition coefficient (Wildman–Crippen LogP) is 4.96. The summed E-state index contributed by atoms with van der Waals surface area (Å²) < 4.78 is 38.0. The molecule has 0 unspecified atom stereocenters. The third-order valence-electron chi connectivity index (χ3n) is 3.35. The third-order valence-corrected chi connectivity index (χ3v) is 3.35. The molecule has 0 bridgehead atoms. The van der Waals surface area contributed by atoms with E-state index in [-0.39, 0.29) is 5.41 Å². The molecule has 0 aromatic carbocycles. The molecule has 1 rings (SSSR count). The van der Waals surface area contributed by atoms with Gasteiger partial charge in [-0.25, -0.2) is 0 Å². The Hall–Kier alpha value is -1.06. The Morgan fingerprint density at radius 1 is 1.11 bits per heavy atom. The Morgan fingerprint density at radius 2 is 1.67 bits per heavy atom. The van der Waals surface area contributed by atoms with E-state index < -0.39 is 11.9 Å². The van der Waals surface area contributed by atoms with Gasteiger partial charge in [-0.15, -0.1) is 0 Å². The monoisotopic (exact) mass is 259 g/mol. The minimum Gasteiger partial charge on any atom is -0.252 e. The Kier molecular flexibility index (Phi) is 4.77. The molecule has 0 saturated carbocycles. The van der Waals surface area contributed by atoms with E-state index in [9.17, 15) is 13.2 Å². The van der Waals surface area contributed by atoms with Gasteiger partial charge in [0.05, 0.1) is 0 Å². The molecule has 1 aromatic heterocycles. The topological polar surface area (TPSA) is 12.9 Å². The van der Waals surface area contributed by atoms with Gasteiger partial charge in [-0.05, 0) is 36.0 Å². The lowest BCUT2D eigenvalue weighted by Gasteiger charge is -2.30. The van der Waals surface area contributed by atoms with E-state index in [1.807, 2.05) is 6.92 Å². The van der Waals surface area contributed by atoms with Crippen LogP contribution < -0.4 is 0 Å². The van der Waals surface area contributed by atoms with Crippen LogP contribution in [0.5, 0.6) is 0 Å². The first kappa shape index (κ1) is 15.0. The normalized spacial score (nSPS) is 12.8. The smallest absolute Gasteiger partial charge is 0.252 e. The molecule has 1 aromatic rings. The summed E-state index contributed by atoms with van der Waals surface area (Å²) in [6, 6.07) is 2.91. The maximum absolute atomic E-state index is 12.7. The van der Waals surface area contributed by atoms with E-state index >= 15 is 0 Å². The van der Waals surface area contributed by atoms with Crippen LogP contribution in [-0.4, -0.2) is 4.98 Å². The zero-order chi connectivity index (χ0) is 13.8. The summed E-state index contributed by atoms with van der Waals surface area (Å²) in [5.41, 5.74) is -0.237. The largest absolute Gasteiger partial charge is 0.433 e. The SMILES string of the molecule is CCCC(C)(CCC)c1ccnc(C(F)(F)F)c1. The van der Waals surface area contributed by atoms with Crippen LogP contribution in [0.4, 0.5) is 13.2 Å². The van der Waals surface area contributed by atoms with Gasteiger partial charge in [-0.2, -0.15) is 13.2 Å². The molecule has 0 aliphatic carbocycles. The fraction of sp³-hybridized carbons (Fsp3) is 0.643. The van der Waals surface area contributed by atoms with Crippen molar-refractivity contribution in [2.75, 3.05) is 0 Å². The Morgan fingerprint density at radius 3 is 2.11 bits per heavy atom. The first-order valence-electron chi connectivity index (χ1n) is 6.37. The molecule has 0 amide bonds. The van der Waals surface area contributed by atoms with Crippen LogP contribution in [0, 0.1) is 0 Å². The van der Waals surface area contributed by atoms with Crippen molar-refractivity contribution in [1.82, 2.24) is 4.98 Å². The molecule has 0 aliphatic rings. The lowest BCUT2D eigenvalue weighted by atomic mass is 9.75. The summed E-state index contributed by atoms with van der Waals surface area (Å²) in [7, 11) is 0. The van der Waals surface area contributed by atoms with Crippen molar-refractivity contribution in [2.24, 2.45) is 0 Å². The number of nitrogens with zero attached hydrogens (tertiary/aromatic N) is 1. The van der Waals surface area contributed by atoms with Crippen molar-refractivity contribution < 1.29 is 13.2 Å². The van der Waals surface area contributed by atoms with Gasteiger partial charge in [0.25, 0.3) is 0 Å². The average Bonchev–Trinajstić information content (AvgIpc) is 2.29. The minimum atomic E-state index is -4.37. The van der Waals surface area contributed by atoms with Crippen LogP contribution >= 0.6 is 0 Å². The lowest BCUT2D eigenvalue weighted by molar-refractivity contribution is -0.141. The minimum absolute atomic E-state index is 0.188. The van der Waals surface area contributed by atoms with E-state index in [0.717, 1.165) is 31.2 Å². The Bertz CT molecular complexity index is 379. The van der Waals surface area contributed by atoms with Gasteiger partial charge in [0.15, 0.2) is 0 Å². The molecule has 0 spiro atoms. The van der Waals surface area contributed by atoms with Crippen molar-refractivity contribution >= 4 is 0 Å². The number of rotatable bonds is 5. The second-order valence-corrected chi connectivity index (χ2v) is 4.99. The highest BCUT2D eigenvalue weighted by Gasteiger charge is 2.34. The van der Waals surface area contributed by atoms with Gasteiger partial charge < -0.3 is 0 Å². The Labute approximate surface area is 106 Å².